The molecule has 0 fully saturated rings. The van der Waals surface area contributed by atoms with E-state index in [2.05, 4.69) is 0 Å². The van der Waals surface area contributed by atoms with Gasteiger partial charge in [-0.1, -0.05) is 13.8 Å². The summed E-state index contributed by atoms with van der Waals surface area (Å²) in [6, 6.07) is 4.44. The van der Waals surface area contributed by atoms with Gasteiger partial charge < -0.3 is 9.15 Å². The summed E-state index contributed by atoms with van der Waals surface area (Å²) in [6.45, 7) is 4.94. The van der Waals surface area contributed by atoms with Crippen LogP contribution in [0.1, 0.15) is 36.9 Å². The van der Waals surface area contributed by atoms with Crippen molar-refractivity contribution < 1.29 is 18.7 Å². The van der Waals surface area contributed by atoms with Gasteiger partial charge in [-0.25, -0.2) is 0 Å². The van der Waals surface area contributed by atoms with Crippen molar-refractivity contribution in [3.05, 3.63) is 39.7 Å². The fraction of sp³-hybridized carbons (Fsp3) is 0.353. The van der Waals surface area contributed by atoms with Crippen molar-refractivity contribution in [2.45, 2.75) is 27.2 Å². The van der Waals surface area contributed by atoms with Crippen molar-refractivity contribution in [2.24, 2.45) is 5.92 Å². The topological polar surface area (TPSA) is 73.6 Å². The predicted octanol–water partition coefficient (Wildman–Crippen LogP) is 2.77. The third-order valence-corrected chi connectivity index (χ3v) is 3.32. The summed E-state index contributed by atoms with van der Waals surface area (Å²) in [4.78, 5) is 36.0. The first-order valence-electron chi connectivity index (χ1n) is 7.02. The van der Waals surface area contributed by atoms with E-state index in [-0.39, 0.29) is 51.6 Å². The SMILES string of the molecule is COc1ccc2oc(CC(C)=O)cc(=O)c2c1C(=O)C(C)C. The summed E-state index contributed by atoms with van der Waals surface area (Å²) in [5, 5.41) is 0.199. The number of ketones is 2. The van der Waals surface area contributed by atoms with Crippen LogP contribution in [0.15, 0.2) is 27.4 Å². The van der Waals surface area contributed by atoms with Gasteiger partial charge in [-0.3, -0.25) is 14.4 Å². The minimum absolute atomic E-state index is 0.0463. The standard InChI is InChI=1S/C17H18O5/c1-9(2)17(20)16-13(21-4)5-6-14-15(16)12(19)8-11(22-14)7-10(3)18/h5-6,8-9H,7H2,1-4H3. The van der Waals surface area contributed by atoms with Crippen LogP contribution in [-0.2, 0) is 11.2 Å². The second-order valence-electron chi connectivity index (χ2n) is 5.49. The van der Waals surface area contributed by atoms with Crippen LogP contribution in [0.2, 0.25) is 0 Å². The first-order chi connectivity index (χ1) is 10.3. The zero-order valence-corrected chi connectivity index (χ0v) is 13.1. The Balaban J connectivity index is 2.79. The van der Waals surface area contributed by atoms with Crippen molar-refractivity contribution in [3.8, 4) is 5.75 Å². The molecule has 1 aromatic carbocycles. The largest absolute Gasteiger partial charge is 0.496 e. The van der Waals surface area contributed by atoms with Crippen molar-refractivity contribution in [2.75, 3.05) is 7.11 Å². The van der Waals surface area contributed by atoms with Gasteiger partial charge in [0, 0.05) is 12.0 Å². The highest BCUT2D eigenvalue weighted by Crippen LogP contribution is 2.28. The van der Waals surface area contributed by atoms with E-state index in [1.165, 1.54) is 20.1 Å². The maximum absolute atomic E-state index is 12.4. The quantitative estimate of drug-likeness (QED) is 0.794. The van der Waals surface area contributed by atoms with Crippen LogP contribution in [0.5, 0.6) is 5.75 Å². The number of fused-ring (bicyclic) bond motifs is 1. The van der Waals surface area contributed by atoms with Crippen LogP contribution in [0.25, 0.3) is 11.0 Å². The maximum Gasteiger partial charge on any atom is 0.193 e. The highest BCUT2D eigenvalue weighted by molar-refractivity contribution is 6.10. The molecule has 0 atom stereocenters. The third kappa shape index (κ3) is 2.93. The first-order valence-corrected chi connectivity index (χ1v) is 7.02. The zero-order chi connectivity index (χ0) is 16.4. The molecule has 22 heavy (non-hydrogen) atoms. The summed E-state index contributed by atoms with van der Waals surface area (Å²) >= 11 is 0. The van der Waals surface area contributed by atoms with Gasteiger partial charge in [-0.15, -0.1) is 0 Å². The lowest BCUT2D eigenvalue weighted by Crippen LogP contribution is -2.15. The van der Waals surface area contributed by atoms with Gasteiger partial charge in [-0.05, 0) is 19.1 Å². The van der Waals surface area contributed by atoms with Gasteiger partial charge in [0.1, 0.15) is 22.9 Å². The minimum Gasteiger partial charge on any atom is -0.496 e. The predicted molar refractivity (Wildman–Crippen MR) is 82.6 cm³/mol. The van der Waals surface area contributed by atoms with E-state index in [9.17, 15) is 14.4 Å². The molecule has 0 N–H and O–H groups in total. The van der Waals surface area contributed by atoms with E-state index in [1.807, 2.05) is 0 Å². The van der Waals surface area contributed by atoms with E-state index in [1.54, 1.807) is 26.0 Å². The average Bonchev–Trinajstić information content (AvgIpc) is 2.44. The van der Waals surface area contributed by atoms with E-state index >= 15 is 0 Å². The monoisotopic (exact) mass is 302 g/mol. The molecule has 0 aliphatic heterocycles. The average molecular weight is 302 g/mol. The van der Waals surface area contributed by atoms with Gasteiger partial charge in [-0.2, -0.15) is 0 Å². The Bertz CT molecular complexity index is 799. The van der Waals surface area contributed by atoms with Crippen molar-refractivity contribution in [1.82, 2.24) is 0 Å². The van der Waals surface area contributed by atoms with Gasteiger partial charge in [0.15, 0.2) is 11.2 Å². The smallest absolute Gasteiger partial charge is 0.193 e. The molecule has 0 saturated heterocycles. The molecule has 0 amide bonds. The molecule has 5 heteroatoms. The van der Waals surface area contributed by atoms with Gasteiger partial charge in [0.25, 0.3) is 0 Å². The molecular weight excluding hydrogens is 284 g/mol. The van der Waals surface area contributed by atoms with Gasteiger partial charge in [0.2, 0.25) is 0 Å². The van der Waals surface area contributed by atoms with Crippen LogP contribution >= 0.6 is 0 Å². The molecule has 0 saturated carbocycles. The lowest BCUT2D eigenvalue weighted by atomic mass is 9.96. The number of benzene rings is 1. The summed E-state index contributed by atoms with van der Waals surface area (Å²) in [6.07, 6.45) is 0.0463. The van der Waals surface area contributed by atoms with Crippen LogP contribution in [0.4, 0.5) is 0 Å². The van der Waals surface area contributed by atoms with E-state index in [0.717, 1.165) is 0 Å². The number of hydrogen-bond acceptors (Lipinski definition) is 5. The molecule has 1 heterocycles. The Morgan fingerprint density at radius 1 is 1.27 bits per heavy atom. The number of ether oxygens (including phenoxy) is 1. The Morgan fingerprint density at radius 2 is 1.95 bits per heavy atom. The van der Waals surface area contributed by atoms with Crippen molar-refractivity contribution in [3.63, 3.8) is 0 Å². The van der Waals surface area contributed by atoms with Crippen LogP contribution in [-0.4, -0.2) is 18.7 Å². The van der Waals surface area contributed by atoms with Crippen LogP contribution < -0.4 is 10.2 Å². The molecule has 0 spiro atoms. The van der Waals surface area contributed by atoms with E-state index < -0.39 is 0 Å². The second-order valence-corrected chi connectivity index (χ2v) is 5.49. The Labute approximate surface area is 127 Å². The van der Waals surface area contributed by atoms with Crippen LogP contribution in [0.3, 0.4) is 0 Å². The van der Waals surface area contributed by atoms with E-state index in [0.29, 0.717) is 5.75 Å². The number of hydrogen-bond donors (Lipinski definition) is 0. The fourth-order valence-corrected chi connectivity index (χ4v) is 2.32. The van der Waals surface area contributed by atoms with Crippen molar-refractivity contribution in [1.29, 1.82) is 0 Å². The summed E-state index contributed by atoms with van der Waals surface area (Å²) in [5.74, 6) is 0.0651. The molecule has 0 bridgehead atoms. The molecule has 5 nitrogen and oxygen atoms in total. The Kier molecular flexibility index (Phi) is 4.45. The van der Waals surface area contributed by atoms with Crippen LogP contribution in [0, 0.1) is 5.92 Å². The maximum atomic E-state index is 12.4. The lowest BCUT2D eigenvalue weighted by molar-refractivity contribution is -0.116. The molecule has 116 valence electrons. The number of carbonyl (C=O) groups is 2. The van der Waals surface area contributed by atoms with E-state index in [4.69, 9.17) is 9.15 Å². The molecule has 1 aromatic heterocycles. The van der Waals surface area contributed by atoms with Gasteiger partial charge in [0.05, 0.1) is 24.5 Å². The molecule has 2 rings (SSSR count). The molecule has 2 aromatic rings. The molecule has 0 unspecified atom stereocenters. The zero-order valence-electron chi connectivity index (χ0n) is 13.1. The number of rotatable bonds is 5. The molecule has 0 aliphatic carbocycles. The Morgan fingerprint density at radius 3 is 2.50 bits per heavy atom. The molecule has 0 aliphatic rings. The summed E-state index contributed by atoms with van der Waals surface area (Å²) < 4.78 is 10.8. The van der Waals surface area contributed by atoms with Crippen molar-refractivity contribution >= 4 is 22.5 Å². The first kappa shape index (κ1) is 15.9. The summed E-state index contributed by atoms with van der Waals surface area (Å²) in [7, 11) is 1.45. The van der Waals surface area contributed by atoms with Gasteiger partial charge >= 0.3 is 0 Å². The highest BCUT2D eigenvalue weighted by Gasteiger charge is 2.22. The summed E-state index contributed by atoms with van der Waals surface area (Å²) in [5.41, 5.74) is 0.173. The number of methoxy groups -OCH3 is 1. The third-order valence-electron chi connectivity index (χ3n) is 3.32. The normalized spacial score (nSPS) is 11.0. The lowest BCUT2D eigenvalue weighted by Gasteiger charge is -2.12. The highest BCUT2D eigenvalue weighted by atomic mass is 16.5. The minimum atomic E-state index is -0.347. The molecule has 0 radical (unpaired) electrons. The Hall–Kier alpha value is -2.43. The second kappa shape index (κ2) is 6.13. The fourth-order valence-electron chi connectivity index (χ4n) is 2.32. The number of carbonyl (C=O) groups excluding carboxylic acids is 2. The molecular formula is C17H18O5. The number of Topliss-reactive ketones (excluding diaryl/α,β-unsaturated/α-hetero) is 2.